The Labute approximate surface area is 115 Å². The number of thiazole rings is 1. The van der Waals surface area contributed by atoms with Crippen LogP contribution in [-0.4, -0.2) is 12.1 Å². The molecule has 1 atom stereocenters. The largest absolute Gasteiger partial charge is 0.495 e. The predicted molar refractivity (Wildman–Crippen MR) is 74.0 cm³/mol. The molecule has 0 spiro atoms. The van der Waals surface area contributed by atoms with Gasteiger partial charge in [-0.25, -0.2) is 10.4 Å². The normalized spacial score (nSPS) is 12.4. The van der Waals surface area contributed by atoms with Crippen LogP contribution in [0.3, 0.4) is 0 Å². The highest BCUT2D eigenvalue weighted by molar-refractivity contribution is 7.09. The topological polar surface area (TPSA) is 60.2 Å². The second kappa shape index (κ2) is 5.67. The number of hydrazine groups is 1. The van der Waals surface area contributed by atoms with E-state index in [4.69, 9.17) is 22.2 Å². The van der Waals surface area contributed by atoms with Crippen LogP contribution in [0.1, 0.15) is 22.2 Å². The first kappa shape index (κ1) is 13.3. The molecule has 2 rings (SSSR count). The molecule has 0 amide bonds. The van der Waals surface area contributed by atoms with Gasteiger partial charge in [-0.3, -0.25) is 5.84 Å². The zero-order valence-electron chi connectivity index (χ0n) is 10.1. The Morgan fingerprint density at radius 2 is 2.28 bits per heavy atom. The predicted octanol–water partition coefficient (Wildman–Crippen LogP) is 2.67. The lowest BCUT2D eigenvalue weighted by Gasteiger charge is -2.16. The van der Waals surface area contributed by atoms with Crippen LogP contribution < -0.4 is 16.0 Å². The maximum absolute atomic E-state index is 6.01. The van der Waals surface area contributed by atoms with E-state index in [9.17, 15) is 0 Å². The first-order chi connectivity index (χ1) is 8.67. The van der Waals surface area contributed by atoms with Crippen LogP contribution in [0.25, 0.3) is 0 Å². The summed E-state index contributed by atoms with van der Waals surface area (Å²) in [5.41, 5.74) is 6.57. The van der Waals surface area contributed by atoms with Crippen LogP contribution in [0, 0.1) is 6.92 Å². The van der Waals surface area contributed by atoms with Crippen molar-refractivity contribution in [3.63, 3.8) is 0 Å². The molecule has 0 saturated heterocycles. The average molecular weight is 284 g/mol. The van der Waals surface area contributed by atoms with Gasteiger partial charge in [0.2, 0.25) is 0 Å². The van der Waals surface area contributed by atoms with Gasteiger partial charge < -0.3 is 4.74 Å². The Morgan fingerprint density at radius 3 is 2.83 bits per heavy atom. The maximum Gasteiger partial charge on any atom is 0.137 e. The van der Waals surface area contributed by atoms with Gasteiger partial charge in [0.15, 0.2) is 0 Å². The van der Waals surface area contributed by atoms with E-state index in [-0.39, 0.29) is 6.04 Å². The third kappa shape index (κ3) is 2.49. The fraction of sp³-hybridized carbons (Fsp3) is 0.250. The summed E-state index contributed by atoms with van der Waals surface area (Å²) in [6.07, 6.45) is 0. The summed E-state index contributed by atoms with van der Waals surface area (Å²) < 4.78 is 5.22. The minimum Gasteiger partial charge on any atom is -0.495 e. The van der Waals surface area contributed by atoms with Crippen LogP contribution >= 0.6 is 22.9 Å². The van der Waals surface area contributed by atoms with Crippen LogP contribution in [0.15, 0.2) is 23.7 Å². The number of rotatable bonds is 4. The molecule has 0 fully saturated rings. The lowest BCUT2D eigenvalue weighted by Crippen LogP contribution is -2.28. The lowest BCUT2D eigenvalue weighted by molar-refractivity contribution is 0.414. The lowest BCUT2D eigenvalue weighted by atomic mass is 10.0. The number of aryl methyl sites for hydroxylation is 1. The standard InChI is InChI=1S/C12H14ClN3OS/c1-7-12(18-6-15-7)11(16-14)8-3-4-9(13)10(5-8)17-2/h3-6,11,16H,14H2,1-2H3. The molecular weight excluding hydrogens is 270 g/mol. The Balaban J connectivity index is 2.42. The molecule has 0 aliphatic heterocycles. The van der Waals surface area contributed by atoms with Crippen molar-refractivity contribution >= 4 is 22.9 Å². The molecule has 18 heavy (non-hydrogen) atoms. The molecule has 0 aliphatic rings. The molecule has 1 heterocycles. The summed E-state index contributed by atoms with van der Waals surface area (Å²) >= 11 is 7.58. The number of nitrogens with one attached hydrogen (secondary N) is 1. The molecule has 1 aromatic carbocycles. The summed E-state index contributed by atoms with van der Waals surface area (Å²) in [4.78, 5) is 5.32. The number of methoxy groups -OCH3 is 1. The van der Waals surface area contributed by atoms with Gasteiger partial charge in [-0.15, -0.1) is 11.3 Å². The molecule has 6 heteroatoms. The number of halogens is 1. The number of hydrogen-bond donors (Lipinski definition) is 2. The number of aromatic nitrogens is 1. The van der Waals surface area contributed by atoms with E-state index < -0.39 is 0 Å². The molecule has 96 valence electrons. The van der Waals surface area contributed by atoms with E-state index in [1.807, 2.05) is 24.6 Å². The van der Waals surface area contributed by atoms with Gasteiger partial charge >= 0.3 is 0 Å². The summed E-state index contributed by atoms with van der Waals surface area (Å²) in [6.45, 7) is 1.96. The second-order valence-electron chi connectivity index (χ2n) is 3.80. The van der Waals surface area contributed by atoms with Gasteiger partial charge in [0.25, 0.3) is 0 Å². The van der Waals surface area contributed by atoms with E-state index >= 15 is 0 Å². The molecular formula is C12H14ClN3OS. The molecule has 2 aromatic rings. The molecule has 1 unspecified atom stereocenters. The fourth-order valence-corrected chi connectivity index (χ4v) is 2.85. The molecule has 0 radical (unpaired) electrons. The Hall–Kier alpha value is -1.14. The van der Waals surface area contributed by atoms with Gasteiger partial charge in [0.1, 0.15) is 5.75 Å². The summed E-state index contributed by atoms with van der Waals surface area (Å²) in [5.74, 6) is 6.29. The molecule has 0 aliphatic carbocycles. The zero-order valence-corrected chi connectivity index (χ0v) is 11.7. The van der Waals surface area contributed by atoms with Gasteiger partial charge in [0.05, 0.1) is 34.3 Å². The van der Waals surface area contributed by atoms with Crippen molar-refractivity contribution in [1.82, 2.24) is 10.4 Å². The molecule has 1 aromatic heterocycles. The van der Waals surface area contributed by atoms with Crippen LogP contribution in [-0.2, 0) is 0 Å². The number of hydrogen-bond acceptors (Lipinski definition) is 5. The molecule has 4 nitrogen and oxygen atoms in total. The Kier molecular flexibility index (Phi) is 4.19. The Morgan fingerprint density at radius 1 is 1.50 bits per heavy atom. The molecule has 0 saturated carbocycles. The minimum absolute atomic E-state index is 0.108. The molecule has 0 bridgehead atoms. The van der Waals surface area contributed by atoms with Crippen molar-refractivity contribution in [3.8, 4) is 5.75 Å². The van der Waals surface area contributed by atoms with E-state index in [2.05, 4.69) is 10.4 Å². The SMILES string of the molecule is COc1cc(C(NN)c2scnc2C)ccc1Cl. The first-order valence-corrected chi connectivity index (χ1v) is 6.62. The van der Waals surface area contributed by atoms with Crippen molar-refractivity contribution < 1.29 is 4.74 Å². The number of benzene rings is 1. The van der Waals surface area contributed by atoms with Gasteiger partial charge in [-0.1, -0.05) is 17.7 Å². The van der Waals surface area contributed by atoms with Crippen molar-refractivity contribution in [2.75, 3.05) is 7.11 Å². The van der Waals surface area contributed by atoms with Crippen molar-refractivity contribution in [3.05, 3.63) is 44.9 Å². The smallest absolute Gasteiger partial charge is 0.137 e. The minimum atomic E-state index is -0.108. The van der Waals surface area contributed by atoms with Crippen molar-refractivity contribution in [2.24, 2.45) is 5.84 Å². The summed E-state index contributed by atoms with van der Waals surface area (Å²) in [7, 11) is 1.59. The quantitative estimate of drug-likeness (QED) is 0.669. The number of nitrogens with two attached hydrogens (primary N) is 1. The average Bonchev–Trinajstić information content (AvgIpc) is 2.79. The van der Waals surface area contributed by atoms with Crippen LogP contribution in [0.5, 0.6) is 5.75 Å². The third-order valence-electron chi connectivity index (χ3n) is 2.72. The van der Waals surface area contributed by atoms with Gasteiger partial charge in [0, 0.05) is 0 Å². The summed E-state index contributed by atoms with van der Waals surface area (Å²) in [6, 6.07) is 5.50. The zero-order chi connectivity index (χ0) is 13.1. The highest BCUT2D eigenvalue weighted by atomic mass is 35.5. The highest BCUT2D eigenvalue weighted by Crippen LogP contribution is 2.32. The number of ether oxygens (including phenoxy) is 1. The maximum atomic E-state index is 6.01. The third-order valence-corrected chi connectivity index (χ3v) is 4.03. The van der Waals surface area contributed by atoms with Crippen molar-refractivity contribution in [2.45, 2.75) is 13.0 Å². The van der Waals surface area contributed by atoms with E-state index in [0.717, 1.165) is 16.1 Å². The van der Waals surface area contributed by atoms with Gasteiger partial charge in [-0.2, -0.15) is 0 Å². The summed E-state index contributed by atoms with van der Waals surface area (Å²) in [5, 5.41) is 0.582. The number of nitrogens with zero attached hydrogens (tertiary/aromatic N) is 1. The van der Waals surface area contributed by atoms with E-state index in [1.54, 1.807) is 24.5 Å². The van der Waals surface area contributed by atoms with Crippen molar-refractivity contribution in [1.29, 1.82) is 0 Å². The van der Waals surface area contributed by atoms with E-state index in [0.29, 0.717) is 10.8 Å². The Bertz CT molecular complexity index is 544. The van der Waals surface area contributed by atoms with E-state index in [1.165, 1.54) is 0 Å². The first-order valence-electron chi connectivity index (χ1n) is 5.37. The van der Waals surface area contributed by atoms with Crippen LogP contribution in [0.2, 0.25) is 5.02 Å². The van der Waals surface area contributed by atoms with Gasteiger partial charge in [-0.05, 0) is 24.6 Å². The fourth-order valence-electron chi connectivity index (χ4n) is 1.77. The molecule has 3 N–H and O–H groups in total. The van der Waals surface area contributed by atoms with Crippen LogP contribution in [0.4, 0.5) is 0 Å². The monoisotopic (exact) mass is 283 g/mol. The second-order valence-corrected chi connectivity index (χ2v) is 5.09. The highest BCUT2D eigenvalue weighted by Gasteiger charge is 2.18.